The Balaban J connectivity index is 1.77. The predicted octanol–water partition coefficient (Wildman–Crippen LogP) is 5.94. The number of benzene rings is 2. The maximum absolute atomic E-state index is 13.3. The van der Waals surface area contributed by atoms with Crippen LogP contribution < -0.4 is 15.1 Å². The van der Waals surface area contributed by atoms with Gasteiger partial charge >= 0.3 is 0 Å². The summed E-state index contributed by atoms with van der Waals surface area (Å²) in [7, 11) is 0. The standard InChI is InChI=1S/C25H25Cl2N3O2S/c1-5-29-21-12-20(27)15(10-18(21)14(2)13-25(29,3)4)11-19-22(31)28-24(33)30(23(19)32)17-8-6-16(26)7-9-17/h6-12,14H,5,13H2,1-4H3,(H,28,31,33)/b19-11-. The molecule has 0 aliphatic carbocycles. The summed E-state index contributed by atoms with van der Waals surface area (Å²) in [5.74, 6) is -0.751. The Morgan fingerprint density at radius 2 is 1.85 bits per heavy atom. The van der Waals surface area contributed by atoms with Crippen molar-refractivity contribution < 1.29 is 9.59 Å². The molecule has 1 unspecified atom stereocenters. The van der Waals surface area contributed by atoms with E-state index in [-0.39, 0.29) is 16.2 Å². The lowest BCUT2D eigenvalue weighted by Gasteiger charge is -2.47. The van der Waals surface area contributed by atoms with Crippen LogP contribution in [-0.4, -0.2) is 29.0 Å². The molecule has 5 nitrogen and oxygen atoms in total. The molecule has 172 valence electrons. The molecule has 4 rings (SSSR count). The number of halogens is 2. The van der Waals surface area contributed by atoms with Crippen molar-refractivity contribution in [2.24, 2.45) is 0 Å². The summed E-state index contributed by atoms with van der Waals surface area (Å²) >= 11 is 17.9. The average Bonchev–Trinajstić information content (AvgIpc) is 2.72. The van der Waals surface area contributed by atoms with Crippen molar-refractivity contribution in [1.82, 2.24) is 5.32 Å². The van der Waals surface area contributed by atoms with Gasteiger partial charge in [-0.3, -0.25) is 19.8 Å². The van der Waals surface area contributed by atoms with E-state index in [9.17, 15) is 9.59 Å². The van der Waals surface area contributed by atoms with E-state index in [2.05, 4.69) is 37.9 Å². The number of nitrogens with zero attached hydrogens (tertiary/aromatic N) is 2. The molecule has 1 atom stereocenters. The van der Waals surface area contributed by atoms with Crippen LogP contribution in [0.2, 0.25) is 10.0 Å². The third kappa shape index (κ3) is 4.27. The minimum absolute atomic E-state index is 0.0124. The number of hydrogen-bond donors (Lipinski definition) is 1. The van der Waals surface area contributed by atoms with Crippen molar-refractivity contribution in [3.8, 4) is 0 Å². The minimum atomic E-state index is -0.548. The van der Waals surface area contributed by atoms with Crippen LogP contribution in [0.4, 0.5) is 11.4 Å². The second-order valence-corrected chi connectivity index (χ2v) is 10.3. The van der Waals surface area contributed by atoms with Crippen LogP contribution in [0.25, 0.3) is 6.08 Å². The van der Waals surface area contributed by atoms with Gasteiger partial charge in [0.05, 0.1) is 5.69 Å². The molecule has 1 fully saturated rings. The number of anilines is 2. The fraction of sp³-hybridized carbons (Fsp3) is 0.320. The molecule has 0 spiro atoms. The number of thiocarbonyl (C=S) groups is 1. The summed E-state index contributed by atoms with van der Waals surface area (Å²) in [6.07, 6.45) is 2.54. The normalized spacial score (nSPS) is 21.3. The van der Waals surface area contributed by atoms with E-state index in [1.807, 2.05) is 12.1 Å². The van der Waals surface area contributed by atoms with Gasteiger partial charge in [-0.2, -0.15) is 0 Å². The summed E-state index contributed by atoms with van der Waals surface area (Å²) in [6.45, 7) is 9.65. The Bertz CT molecular complexity index is 1190. The van der Waals surface area contributed by atoms with Crippen LogP contribution >= 0.6 is 35.4 Å². The first-order valence-electron chi connectivity index (χ1n) is 10.8. The Morgan fingerprint density at radius 3 is 2.48 bits per heavy atom. The highest BCUT2D eigenvalue weighted by atomic mass is 35.5. The summed E-state index contributed by atoms with van der Waals surface area (Å²) in [5.41, 5.74) is 3.37. The van der Waals surface area contributed by atoms with Gasteiger partial charge in [-0.25, -0.2) is 0 Å². The van der Waals surface area contributed by atoms with Crippen LogP contribution in [-0.2, 0) is 9.59 Å². The molecule has 2 amide bonds. The van der Waals surface area contributed by atoms with Gasteiger partial charge in [0, 0.05) is 27.8 Å². The second kappa shape index (κ2) is 8.75. The van der Waals surface area contributed by atoms with E-state index in [0.29, 0.717) is 27.2 Å². The lowest BCUT2D eigenvalue weighted by atomic mass is 9.79. The summed E-state index contributed by atoms with van der Waals surface area (Å²) in [4.78, 5) is 29.7. The molecule has 33 heavy (non-hydrogen) atoms. The third-order valence-corrected chi connectivity index (χ3v) is 7.17. The van der Waals surface area contributed by atoms with E-state index in [4.69, 9.17) is 35.4 Å². The molecule has 0 saturated carbocycles. The van der Waals surface area contributed by atoms with Crippen molar-refractivity contribution in [3.05, 3.63) is 63.1 Å². The molecule has 2 aliphatic rings. The van der Waals surface area contributed by atoms with E-state index < -0.39 is 11.8 Å². The first-order valence-corrected chi connectivity index (χ1v) is 12.0. The fourth-order valence-electron chi connectivity index (χ4n) is 4.87. The Hall–Kier alpha value is -2.41. The zero-order chi connectivity index (χ0) is 24.1. The van der Waals surface area contributed by atoms with Crippen molar-refractivity contribution in [1.29, 1.82) is 0 Å². The van der Waals surface area contributed by atoms with E-state index >= 15 is 0 Å². The quantitative estimate of drug-likeness (QED) is 0.321. The Morgan fingerprint density at radius 1 is 1.18 bits per heavy atom. The van der Waals surface area contributed by atoms with Crippen molar-refractivity contribution >= 4 is 69.8 Å². The summed E-state index contributed by atoms with van der Waals surface area (Å²) in [6, 6.07) is 10.6. The molecule has 1 saturated heterocycles. The van der Waals surface area contributed by atoms with Crippen LogP contribution in [0.5, 0.6) is 0 Å². The lowest BCUT2D eigenvalue weighted by Crippen LogP contribution is -2.54. The zero-order valence-electron chi connectivity index (χ0n) is 18.9. The molecule has 8 heteroatoms. The lowest BCUT2D eigenvalue weighted by molar-refractivity contribution is -0.122. The Labute approximate surface area is 209 Å². The highest BCUT2D eigenvalue weighted by Gasteiger charge is 2.37. The van der Waals surface area contributed by atoms with Gasteiger partial charge in [0.25, 0.3) is 11.8 Å². The van der Waals surface area contributed by atoms with Gasteiger partial charge < -0.3 is 4.90 Å². The number of fused-ring (bicyclic) bond motifs is 1. The average molecular weight is 502 g/mol. The van der Waals surface area contributed by atoms with Gasteiger partial charge in [0.1, 0.15) is 5.57 Å². The number of nitrogens with one attached hydrogen (secondary N) is 1. The van der Waals surface area contributed by atoms with Crippen LogP contribution in [0.3, 0.4) is 0 Å². The molecule has 2 aliphatic heterocycles. The third-order valence-electron chi connectivity index (χ3n) is 6.31. The molecule has 0 radical (unpaired) electrons. The number of carbonyl (C=O) groups excluding carboxylic acids is 2. The number of carbonyl (C=O) groups is 2. The molecule has 0 aromatic heterocycles. The monoisotopic (exact) mass is 501 g/mol. The highest BCUT2D eigenvalue weighted by molar-refractivity contribution is 7.80. The van der Waals surface area contributed by atoms with Crippen LogP contribution in [0.1, 0.15) is 51.2 Å². The predicted molar refractivity (Wildman–Crippen MR) is 139 cm³/mol. The largest absolute Gasteiger partial charge is 0.366 e. The first kappa shape index (κ1) is 23.7. The molecule has 0 bridgehead atoms. The topological polar surface area (TPSA) is 52.7 Å². The minimum Gasteiger partial charge on any atom is -0.366 e. The summed E-state index contributed by atoms with van der Waals surface area (Å²) < 4.78 is 0. The molecule has 2 heterocycles. The van der Waals surface area contributed by atoms with E-state index in [1.54, 1.807) is 30.3 Å². The van der Waals surface area contributed by atoms with Gasteiger partial charge in [-0.1, -0.05) is 30.1 Å². The SMILES string of the molecule is CCN1c2cc(Cl)c(/C=C3/C(=O)NC(=S)N(c4ccc(Cl)cc4)C3=O)cc2C(C)CC1(C)C. The first-order chi connectivity index (χ1) is 15.5. The van der Waals surface area contributed by atoms with Crippen LogP contribution in [0.15, 0.2) is 42.0 Å². The van der Waals surface area contributed by atoms with Gasteiger partial charge in [0.2, 0.25) is 0 Å². The number of hydrogen-bond acceptors (Lipinski definition) is 4. The number of rotatable bonds is 3. The van der Waals surface area contributed by atoms with E-state index in [1.165, 1.54) is 4.90 Å². The van der Waals surface area contributed by atoms with Crippen molar-refractivity contribution in [2.45, 2.75) is 45.6 Å². The van der Waals surface area contributed by atoms with Crippen LogP contribution in [0, 0.1) is 0 Å². The fourth-order valence-corrected chi connectivity index (χ4v) is 5.49. The van der Waals surface area contributed by atoms with Crippen molar-refractivity contribution in [3.63, 3.8) is 0 Å². The molecule has 2 aromatic rings. The second-order valence-electron chi connectivity index (χ2n) is 9.03. The maximum Gasteiger partial charge on any atom is 0.270 e. The highest BCUT2D eigenvalue weighted by Crippen LogP contribution is 2.45. The molecular weight excluding hydrogens is 477 g/mol. The molecule has 1 N–H and O–H groups in total. The zero-order valence-corrected chi connectivity index (χ0v) is 21.2. The molecule has 2 aromatic carbocycles. The maximum atomic E-state index is 13.3. The van der Waals surface area contributed by atoms with E-state index in [0.717, 1.165) is 24.2 Å². The van der Waals surface area contributed by atoms with Gasteiger partial charge in [-0.15, -0.1) is 0 Å². The summed E-state index contributed by atoms with van der Waals surface area (Å²) in [5, 5.41) is 3.65. The molecular formula is C25H25Cl2N3O2S. The van der Waals surface area contributed by atoms with Gasteiger partial charge in [0.15, 0.2) is 5.11 Å². The number of amides is 2. The van der Waals surface area contributed by atoms with Gasteiger partial charge in [-0.05, 0) is 98.9 Å². The van der Waals surface area contributed by atoms with Crippen molar-refractivity contribution in [2.75, 3.05) is 16.3 Å². The Kier molecular flexibility index (Phi) is 6.29. The smallest absolute Gasteiger partial charge is 0.270 e.